The molecule has 0 N–H and O–H groups in total. The Morgan fingerprint density at radius 1 is 1.26 bits per heavy atom. The number of hydrogen-bond acceptors (Lipinski definition) is 3. The molecule has 0 radical (unpaired) electrons. The topological polar surface area (TPSA) is 54.5 Å². The lowest BCUT2D eigenvalue weighted by atomic mass is 10.2. The summed E-state index contributed by atoms with van der Waals surface area (Å²) in [7, 11) is -3.70. The van der Waals surface area contributed by atoms with Crippen LogP contribution in [0.25, 0.3) is 0 Å². The predicted molar refractivity (Wildman–Crippen MR) is 75.8 cm³/mol. The Labute approximate surface area is 118 Å². The van der Waals surface area contributed by atoms with Crippen molar-refractivity contribution in [1.82, 2.24) is 4.31 Å². The van der Waals surface area contributed by atoms with Gasteiger partial charge in [-0.05, 0) is 23.7 Å². The molecule has 0 atom stereocenters. The van der Waals surface area contributed by atoms with Gasteiger partial charge in [0.15, 0.2) is 0 Å². The first-order valence-electron chi connectivity index (χ1n) is 5.45. The molecule has 0 aromatic heterocycles. The number of carbonyl (C=O) groups excluding carboxylic acids is 1. The lowest BCUT2D eigenvalue weighted by Crippen LogP contribution is -2.31. The van der Waals surface area contributed by atoms with E-state index in [1.807, 2.05) is 0 Å². The predicted octanol–water partition coefficient (Wildman–Crippen LogP) is 2.43. The first kappa shape index (κ1) is 15.6. The number of carbonyl (C=O) groups is 1. The maximum atomic E-state index is 12.4. The molecular formula is C13H14ClNO3S. The van der Waals surface area contributed by atoms with Crippen molar-refractivity contribution >= 4 is 26.9 Å². The minimum absolute atomic E-state index is 0.0164. The number of sulfonamides is 1. The van der Waals surface area contributed by atoms with Gasteiger partial charge in [-0.2, -0.15) is 4.31 Å². The van der Waals surface area contributed by atoms with Crippen LogP contribution in [0, 0.1) is 0 Å². The Kier molecular flexibility index (Phi) is 5.47. The molecule has 0 saturated heterocycles. The van der Waals surface area contributed by atoms with E-state index in [-0.39, 0.29) is 23.5 Å². The molecule has 0 heterocycles. The Bertz CT molecular complexity index is 586. The second-order valence-electron chi connectivity index (χ2n) is 3.70. The molecule has 0 aliphatic rings. The fourth-order valence-electron chi connectivity index (χ4n) is 1.49. The monoisotopic (exact) mass is 299 g/mol. The summed E-state index contributed by atoms with van der Waals surface area (Å²) in [6.45, 7) is 7.36. The molecule has 0 spiro atoms. The molecule has 6 heteroatoms. The van der Waals surface area contributed by atoms with Crippen molar-refractivity contribution in [1.29, 1.82) is 0 Å². The van der Waals surface area contributed by atoms with Gasteiger partial charge in [-0.1, -0.05) is 24.3 Å². The van der Waals surface area contributed by atoms with Crippen molar-refractivity contribution in [3.63, 3.8) is 0 Å². The van der Waals surface area contributed by atoms with Gasteiger partial charge < -0.3 is 0 Å². The summed E-state index contributed by atoms with van der Waals surface area (Å²) < 4.78 is 25.9. The van der Waals surface area contributed by atoms with E-state index >= 15 is 0 Å². The number of rotatable bonds is 7. The van der Waals surface area contributed by atoms with Gasteiger partial charge in [0, 0.05) is 18.7 Å². The van der Waals surface area contributed by atoms with Gasteiger partial charge in [-0.25, -0.2) is 8.42 Å². The third-order valence-corrected chi connectivity index (χ3v) is 4.41. The standard InChI is InChI=1S/C13H14ClNO3S/c1-3-8-15(9-4-2)19(17,18)12-7-5-6-11(10-12)13(14)16/h3-7,10H,1-2,8-9H2. The van der Waals surface area contributed by atoms with Gasteiger partial charge in [0.25, 0.3) is 5.24 Å². The number of benzene rings is 1. The molecule has 0 saturated carbocycles. The highest BCUT2D eigenvalue weighted by Crippen LogP contribution is 2.18. The third kappa shape index (κ3) is 3.76. The summed E-state index contributed by atoms with van der Waals surface area (Å²) in [6.07, 6.45) is 2.97. The zero-order valence-corrected chi connectivity index (χ0v) is 11.8. The van der Waals surface area contributed by atoms with Gasteiger partial charge >= 0.3 is 0 Å². The molecule has 1 rings (SSSR count). The minimum atomic E-state index is -3.70. The lowest BCUT2D eigenvalue weighted by Gasteiger charge is -2.19. The Hall–Kier alpha value is -1.43. The van der Waals surface area contributed by atoms with Crippen molar-refractivity contribution < 1.29 is 13.2 Å². The fraction of sp³-hybridized carbons (Fsp3) is 0.154. The summed E-state index contributed by atoms with van der Waals surface area (Å²) in [5.41, 5.74) is 0.139. The molecule has 0 aliphatic heterocycles. The maximum absolute atomic E-state index is 12.4. The number of halogens is 1. The van der Waals surface area contributed by atoms with Crippen molar-refractivity contribution in [2.45, 2.75) is 4.90 Å². The number of nitrogens with zero attached hydrogens (tertiary/aromatic N) is 1. The van der Waals surface area contributed by atoms with Crippen LogP contribution in [0.1, 0.15) is 10.4 Å². The van der Waals surface area contributed by atoms with Crippen LogP contribution in [0.2, 0.25) is 0 Å². The molecule has 1 aromatic carbocycles. The highest BCUT2D eigenvalue weighted by atomic mass is 35.5. The summed E-state index contributed by atoms with van der Waals surface area (Å²) >= 11 is 5.35. The summed E-state index contributed by atoms with van der Waals surface area (Å²) in [5.74, 6) is 0. The van der Waals surface area contributed by atoms with Crippen LogP contribution in [0.4, 0.5) is 0 Å². The largest absolute Gasteiger partial charge is 0.276 e. The quantitative estimate of drug-likeness (QED) is 0.574. The first-order valence-corrected chi connectivity index (χ1v) is 7.27. The highest BCUT2D eigenvalue weighted by Gasteiger charge is 2.23. The molecule has 102 valence electrons. The van der Waals surface area contributed by atoms with Crippen LogP contribution in [0.15, 0.2) is 54.5 Å². The zero-order valence-electron chi connectivity index (χ0n) is 10.3. The third-order valence-electron chi connectivity index (χ3n) is 2.36. The Morgan fingerprint density at radius 2 is 1.84 bits per heavy atom. The molecule has 0 unspecified atom stereocenters. The molecule has 1 aromatic rings. The van der Waals surface area contributed by atoms with E-state index in [1.54, 1.807) is 0 Å². The molecular weight excluding hydrogens is 286 g/mol. The average molecular weight is 300 g/mol. The van der Waals surface area contributed by atoms with E-state index in [9.17, 15) is 13.2 Å². The van der Waals surface area contributed by atoms with Gasteiger partial charge in [-0.15, -0.1) is 13.2 Å². The van der Waals surface area contributed by atoms with Crippen molar-refractivity contribution in [3.8, 4) is 0 Å². The van der Waals surface area contributed by atoms with Crippen LogP contribution in [-0.2, 0) is 10.0 Å². The SMILES string of the molecule is C=CCN(CC=C)S(=O)(=O)c1cccc(C(=O)Cl)c1. The zero-order chi connectivity index (χ0) is 14.5. The van der Waals surface area contributed by atoms with Gasteiger partial charge in [0.2, 0.25) is 10.0 Å². The van der Waals surface area contributed by atoms with E-state index in [2.05, 4.69) is 13.2 Å². The second-order valence-corrected chi connectivity index (χ2v) is 5.98. The van der Waals surface area contributed by atoms with E-state index in [4.69, 9.17) is 11.6 Å². The lowest BCUT2D eigenvalue weighted by molar-refractivity contribution is 0.108. The summed E-state index contributed by atoms with van der Waals surface area (Å²) in [5, 5.41) is -0.698. The molecule has 19 heavy (non-hydrogen) atoms. The number of hydrogen-bond donors (Lipinski definition) is 0. The van der Waals surface area contributed by atoms with Crippen LogP contribution in [0.3, 0.4) is 0 Å². The maximum Gasteiger partial charge on any atom is 0.252 e. The molecule has 0 fully saturated rings. The Morgan fingerprint density at radius 3 is 2.32 bits per heavy atom. The van der Waals surface area contributed by atoms with E-state index in [0.29, 0.717) is 0 Å². The van der Waals surface area contributed by atoms with Gasteiger partial charge in [-0.3, -0.25) is 4.79 Å². The van der Waals surface area contributed by atoms with Crippen LogP contribution < -0.4 is 0 Å². The van der Waals surface area contributed by atoms with Crippen molar-refractivity contribution in [2.24, 2.45) is 0 Å². The van der Waals surface area contributed by atoms with E-state index in [1.165, 1.54) is 40.7 Å². The van der Waals surface area contributed by atoms with Crippen LogP contribution >= 0.6 is 11.6 Å². The van der Waals surface area contributed by atoms with Gasteiger partial charge in [0.05, 0.1) is 4.90 Å². The fourth-order valence-corrected chi connectivity index (χ4v) is 3.03. The molecule has 0 bridgehead atoms. The van der Waals surface area contributed by atoms with Crippen molar-refractivity contribution in [3.05, 3.63) is 55.1 Å². The van der Waals surface area contributed by atoms with Gasteiger partial charge in [0.1, 0.15) is 0 Å². The van der Waals surface area contributed by atoms with Crippen LogP contribution in [0.5, 0.6) is 0 Å². The molecule has 4 nitrogen and oxygen atoms in total. The molecule has 0 amide bonds. The normalized spacial score (nSPS) is 11.3. The first-order chi connectivity index (χ1) is 8.93. The Balaban J connectivity index is 3.24. The summed E-state index contributed by atoms with van der Waals surface area (Å²) in [6, 6.07) is 5.60. The highest BCUT2D eigenvalue weighted by molar-refractivity contribution is 7.89. The van der Waals surface area contributed by atoms with E-state index in [0.717, 1.165) is 0 Å². The smallest absolute Gasteiger partial charge is 0.252 e. The molecule has 0 aliphatic carbocycles. The second kappa shape index (κ2) is 6.65. The average Bonchev–Trinajstić information content (AvgIpc) is 2.38. The van der Waals surface area contributed by atoms with Crippen LogP contribution in [-0.4, -0.2) is 31.1 Å². The van der Waals surface area contributed by atoms with E-state index < -0.39 is 15.3 Å². The van der Waals surface area contributed by atoms with Crippen molar-refractivity contribution in [2.75, 3.05) is 13.1 Å². The summed E-state index contributed by atoms with van der Waals surface area (Å²) in [4.78, 5) is 11.1. The minimum Gasteiger partial charge on any atom is -0.276 e.